The first-order valence-electron chi connectivity index (χ1n) is 12.9. The average molecular weight is 494 g/mol. The lowest BCUT2D eigenvalue weighted by Gasteiger charge is -2.44. The summed E-state index contributed by atoms with van der Waals surface area (Å²) in [4.78, 5) is 29.7. The van der Waals surface area contributed by atoms with Gasteiger partial charge in [0.2, 0.25) is 5.91 Å². The third-order valence-corrected chi connectivity index (χ3v) is 7.79. The van der Waals surface area contributed by atoms with Gasteiger partial charge < -0.3 is 28.7 Å². The standard InChI is InChI=1S/C28H35N3O5/c1-28(27(33)29-20-11-7-5-4-6-8-12-20)18-30-21-14-15-36-24(21)16-22(30)26(32)31(28)17-19-10-9-13-23(34-2)25(19)35-3/h9-10,13-16,20H,4-8,11-12,17-18H2,1-3H3,(H,29,33). The largest absolute Gasteiger partial charge is 0.493 e. The van der Waals surface area contributed by atoms with Gasteiger partial charge in [-0.2, -0.15) is 0 Å². The van der Waals surface area contributed by atoms with Crippen molar-refractivity contribution in [2.45, 2.75) is 76.5 Å². The predicted octanol–water partition coefficient (Wildman–Crippen LogP) is 4.90. The lowest BCUT2D eigenvalue weighted by Crippen LogP contribution is -2.64. The highest BCUT2D eigenvalue weighted by atomic mass is 16.5. The SMILES string of the molecule is COc1cccc(CN2C(=O)c3cc4occc4n3CC2(C)C(=O)NC2CCCCCCC2)c1OC. The summed E-state index contributed by atoms with van der Waals surface area (Å²) in [6.07, 6.45) is 9.46. The fourth-order valence-corrected chi connectivity index (χ4v) is 5.71. The molecule has 1 unspecified atom stereocenters. The van der Waals surface area contributed by atoms with Gasteiger partial charge in [0.15, 0.2) is 17.1 Å². The van der Waals surface area contributed by atoms with E-state index in [9.17, 15) is 9.59 Å². The van der Waals surface area contributed by atoms with Crippen molar-refractivity contribution < 1.29 is 23.5 Å². The highest BCUT2D eigenvalue weighted by Gasteiger charge is 2.48. The van der Waals surface area contributed by atoms with E-state index < -0.39 is 5.54 Å². The number of amides is 2. The van der Waals surface area contributed by atoms with Crippen LogP contribution < -0.4 is 14.8 Å². The first-order chi connectivity index (χ1) is 17.5. The van der Waals surface area contributed by atoms with Gasteiger partial charge in [0.1, 0.15) is 11.2 Å². The monoisotopic (exact) mass is 493 g/mol. The minimum Gasteiger partial charge on any atom is -0.493 e. The summed E-state index contributed by atoms with van der Waals surface area (Å²) in [6.45, 7) is 2.41. The van der Waals surface area contributed by atoms with Crippen LogP contribution in [0.3, 0.4) is 0 Å². The van der Waals surface area contributed by atoms with Crippen LogP contribution in [0, 0.1) is 0 Å². The molecule has 0 radical (unpaired) electrons. The zero-order chi connectivity index (χ0) is 25.3. The summed E-state index contributed by atoms with van der Waals surface area (Å²) in [5.74, 6) is 0.804. The maximum Gasteiger partial charge on any atom is 0.271 e. The Morgan fingerprint density at radius 1 is 1.11 bits per heavy atom. The fourth-order valence-electron chi connectivity index (χ4n) is 5.71. The number of para-hydroxylation sites is 1. The van der Waals surface area contributed by atoms with Crippen molar-refractivity contribution in [1.82, 2.24) is 14.8 Å². The van der Waals surface area contributed by atoms with Gasteiger partial charge in [0, 0.05) is 23.7 Å². The van der Waals surface area contributed by atoms with Gasteiger partial charge in [-0.3, -0.25) is 9.59 Å². The Labute approximate surface area is 211 Å². The number of hydrogen-bond donors (Lipinski definition) is 1. The van der Waals surface area contributed by atoms with Gasteiger partial charge in [0.25, 0.3) is 5.91 Å². The molecule has 3 aromatic rings. The van der Waals surface area contributed by atoms with Crippen LogP contribution in [-0.4, -0.2) is 47.1 Å². The number of rotatable bonds is 6. The molecule has 1 saturated carbocycles. The summed E-state index contributed by atoms with van der Waals surface area (Å²) < 4.78 is 18.6. The van der Waals surface area contributed by atoms with Crippen molar-refractivity contribution in [3.63, 3.8) is 0 Å². The van der Waals surface area contributed by atoms with Gasteiger partial charge in [-0.25, -0.2) is 0 Å². The summed E-state index contributed by atoms with van der Waals surface area (Å²) in [5.41, 5.74) is 1.65. The van der Waals surface area contributed by atoms with Crippen molar-refractivity contribution in [3.8, 4) is 11.5 Å². The first-order valence-corrected chi connectivity index (χ1v) is 12.9. The molecule has 2 aromatic heterocycles. The minimum atomic E-state index is -1.11. The lowest BCUT2D eigenvalue weighted by molar-refractivity contribution is -0.134. The Morgan fingerprint density at radius 3 is 2.58 bits per heavy atom. The smallest absolute Gasteiger partial charge is 0.271 e. The molecular weight excluding hydrogens is 458 g/mol. The molecule has 1 atom stereocenters. The van der Waals surface area contributed by atoms with Gasteiger partial charge >= 0.3 is 0 Å². The zero-order valence-electron chi connectivity index (χ0n) is 21.3. The van der Waals surface area contributed by atoms with Crippen LogP contribution in [-0.2, 0) is 17.9 Å². The molecule has 1 aliphatic carbocycles. The average Bonchev–Trinajstić information content (AvgIpc) is 3.45. The van der Waals surface area contributed by atoms with Gasteiger partial charge in [-0.1, -0.05) is 44.2 Å². The molecule has 2 amide bonds. The molecule has 5 rings (SSSR count). The van der Waals surface area contributed by atoms with E-state index in [0.717, 1.165) is 36.8 Å². The minimum absolute atomic E-state index is 0.123. The maximum atomic E-state index is 14.0. The van der Waals surface area contributed by atoms with Crippen molar-refractivity contribution in [2.75, 3.05) is 14.2 Å². The predicted molar refractivity (Wildman–Crippen MR) is 136 cm³/mol. The van der Waals surface area contributed by atoms with Crippen molar-refractivity contribution in [1.29, 1.82) is 0 Å². The van der Waals surface area contributed by atoms with E-state index in [-0.39, 0.29) is 24.4 Å². The number of ether oxygens (including phenoxy) is 2. The Morgan fingerprint density at radius 2 is 1.86 bits per heavy atom. The molecule has 2 aliphatic rings. The van der Waals surface area contributed by atoms with Crippen LogP contribution in [0.5, 0.6) is 11.5 Å². The van der Waals surface area contributed by atoms with Crippen molar-refractivity contribution in [3.05, 3.63) is 47.9 Å². The third-order valence-electron chi connectivity index (χ3n) is 7.79. The van der Waals surface area contributed by atoms with Crippen LogP contribution in [0.15, 0.2) is 41.0 Å². The Kier molecular flexibility index (Phi) is 6.69. The topological polar surface area (TPSA) is 85.9 Å². The molecule has 1 fully saturated rings. The van der Waals surface area contributed by atoms with E-state index in [1.54, 1.807) is 31.4 Å². The van der Waals surface area contributed by atoms with E-state index >= 15 is 0 Å². The maximum absolute atomic E-state index is 14.0. The number of fused-ring (bicyclic) bond motifs is 3. The molecular formula is C28H35N3O5. The molecule has 0 saturated heterocycles. The van der Waals surface area contributed by atoms with Crippen LogP contribution in [0.1, 0.15) is 67.9 Å². The molecule has 3 heterocycles. The zero-order valence-corrected chi connectivity index (χ0v) is 21.3. The molecule has 1 N–H and O–H groups in total. The van der Waals surface area contributed by atoms with E-state index in [4.69, 9.17) is 13.9 Å². The summed E-state index contributed by atoms with van der Waals surface area (Å²) in [7, 11) is 3.17. The van der Waals surface area contributed by atoms with Gasteiger partial charge in [-0.05, 0) is 25.8 Å². The normalized spacial score (nSPS) is 21.1. The van der Waals surface area contributed by atoms with Crippen LogP contribution >= 0.6 is 0 Å². The molecule has 8 nitrogen and oxygen atoms in total. The third kappa shape index (κ3) is 4.22. The van der Waals surface area contributed by atoms with E-state index in [1.807, 2.05) is 35.8 Å². The Hall–Kier alpha value is -3.42. The van der Waals surface area contributed by atoms with E-state index in [1.165, 1.54) is 19.3 Å². The molecule has 192 valence electrons. The molecule has 0 spiro atoms. The van der Waals surface area contributed by atoms with Crippen LogP contribution in [0.25, 0.3) is 11.1 Å². The summed E-state index contributed by atoms with van der Waals surface area (Å²) in [6, 6.07) is 9.33. The van der Waals surface area contributed by atoms with E-state index in [0.29, 0.717) is 29.3 Å². The Bertz CT molecular complexity index is 1250. The van der Waals surface area contributed by atoms with Crippen LogP contribution in [0.2, 0.25) is 0 Å². The quantitative estimate of drug-likeness (QED) is 0.528. The van der Waals surface area contributed by atoms with Gasteiger partial charge in [0.05, 0.1) is 39.1 Å². The number of furan rings is 1. The number of methoxy groups -OCH3 is 2. The van der Waals surface area contributed by atoms with E-state index in [2.05, 4.69) is 5.32 Å². The fraction of sp³-hybridized carbons (Fsp3) is 0.500. The number of aromatic nitrogens is 1. The summed E-state index contributed by atoms with van der Waals surface area (Å²) in [5, 5.41) is 3.32. The number of benzene rings is 1. The number of carbonyl (C=O) groups excluding carboxylic acids is 2. The van der Waals surface area contributed by atoms with Crippen molar-refractivity contribution >= 4 is 22.9 Å². The van der Waals surface area contributed by atoms with Crippen molar-refractivity contribution in [2.24, 2.45) is 0 Å². The second-order valence-electron chi connectivity index (χ2n) is 10.1. The highest BCUT2D eigenvalue weighted by molar-refractivity contribution is 6.03. The number of carbonyl (C=O) groups is 2. The first kappa shape index (κ1) is 24.3. The summed E-state index contributed by atoms with van der Waals surface area (Å²) >= 11 is 0. The molecule has 1 aromatic carbocycles. The molecule has 36 heavy (non-hydrogen) atoms. The lowest BCUT2D eigenvalue weighted by atomic mass is 9.91. The molecule has 8 heteroatoms. The second-order valence-corrected chi connectivity index (χ2v) is 10.1. The molecule has 1 aliphatic heterocycles. The number of nitrogens with zero attached hydrogens (tertiary/aromatic N) is 2. The second kappa shape index (κ2) is 9.91. The van der Waals surface area contributed by atoms with Crippen LogP contribution in [0.4, 0.5) is 0 Å². The molecule has 0 bridgehead atoms. The number of hydrogen-bond acceptors (Lipinski definition) is 5. The van der Waals surface area contributed by atoms with Gasteiger partial charge in [-0.15, -0.1) is 0 Å². The number of nitrogens with one attached hydrogen (secondary N) is 1. The highest BCUT2D eigenvalue weighted by Crippen LogP contribution is 2.37. The Balaban J connectivity index is 1.53.